The molecule has 0 bridgehead atoms. The zero-order chi connectivity index (χ0) is 19.1. The summed E-state index contributed by atoms with van der Waals surface area (Å²) < 4.78 is 40.9. The van der Waals surface area contributed by atoms with E-state index in [4.69, 9.17) is 9.47 Å². The fourth-order valence-electron chi connectivity index (χ4n) is 3.19. The molecule has 0 amide bonds. The number of halogens is 1. The molecule has 1 atom stereocenters. The zero-order valence-corrected chi connectivity index (χ0v) is 17.6. The maximum Gasteiger partial charge on any atom is 0.244 e. The molecular formula is C19H22BrNO4S. The Labute approximate surface area is 162 Å². The van der Waals surface area contributed by atoms with Crippen LogP contribution in [0.3, 0.4) is 0 Å². The van der Waals surface area contributed by atoms with Crippen molar-refractivity contribution in [1.82, 2.24) is 4.72 Å². The summed E-state index contributed by atoms with van der Waals surface area (Å²) in [6.45, 7) is 5.89. The normalized spacial score (nSPS) is 18.7. The molecule has 26 heavy (non-hydrogen) atoms. The number of aryl methyl sites for hydroxylation is 1. The van der Waals surface area contributed by atoms with Crippen LogP contribution >= 0.6 is 15.9 Å². The first-order valence-electron chi connectivity index (χ1n) is 8.27. The van der Waals surface area contributed by atoms with Gasteiger partial charge in [-0.05, 0) is 45.0 Å². The molecule has 2 aromatic rings. The predicted molar refractivity (Wildman–Crippen MR) is 104 cm³/mol. The topological polar surface area (TPSA) is 64.6 Å². The summed E-state index contributed by atoms with van der Waals surface area (Å²) in [6.07, 6.45) is 0.527. The van der Waals surface area contributed by atoms with Crippen molar-refractivity contribution < 1.29 is 17.9 Å². The van der Waals surface area contributed by atoms with Crippen molar-refractivity contribution in [3.8, 4) is 11.5 Å². The van der Waals surface area contributed by atoms with Gasteiger partial charge in [0.05, 0.1) is 13.2 Å². The molecule has 0 unspecified atom stereocenters. The molecule has 3 rings (SSSR count). The van der Waals surface area contributed by atoms with E-state index in [1.165, 1.54) is 7.11 Å². The van der Waals surface area contributed by atoms with Crippen molar-refractivity contribution in [3.05, 3.63) is 52.0 Å². The molecule has 0 aliphatic carbocycles. The minimum Gasteiger partial charge on any atom is -0.495 e. The predicted octanol–water partition coefficient (Wildman–Crippen LogP) is 4.35. The number of fused-ring (bicyclic) bond motifs is 1. The highest BCUT2D eigenvalue weighted by Gasteiger charge is 2.36. The molecule has 2 aromatic carbocycles. The minimum atomic E-state index is -3.79. The third kappa shape index (κ3) is 3.89. The molecule has 0 spiro atoms. The second-order valence-electron chi connectivity index (χ2n) is 7.08. The van der Waals surface area contributed by atoms with Gasteiger partial charge in [0.15, 0.2) is 0 Å². The number of rotatable bonds is 4. The smallest absolute Gasteiger partial charge is 0.244 e. The monoisotopic (exact) mass is 439 g/mol. The number of methoxy groups -OCH3 is 1. The van der Waals surface area contributed by atoms with Crippen LogP contribution in [0.25, 0.3) is 0 Å². The summed E-state index contributed by atoms with van der Waals surface area (Å²) in [4.78, 5) is 0.105. The molecular weight excluding hydrogens is 418 g/mol. The summed E-state index contributed by atoms with van der Waals surface area (Å²) in [6, 6.07) is 10.4. The van der Waals surface area contributed by atoms with Gasteiger partial charge in [0, 0.05) is 16.5 Å². The number of hydrogen-bond acceptors (Lipinski definition) is 4. The molecule has 7 heteroatoms. The van der Waals surface area contributed by atoms with Crippen LogP contribution in [0.15, 0.2) is 45.8 Å². The molecule has 0 saturated carbocycles. The Bertz CT molecular complexity index is 941. The molecule has 5 nitrogen and oxygen atoms in total. The first-order chi connectivity index (χ1) is 12.1. The van der Waals surface area contributed by atoms with Gasteiger partial charge < -0.3 is 9.47 Å². The average Bonchev–Trinajstić information content (AvgIpc) is 2.54. The molecule has 0 saturated heterocycles. The summed E-state index contributed by atoms with van der Waals surface area (Å²) in [5.41, 5.74) is 1.43. The number of sulfonamides is 1. The van der Waals surface area contributed by atoms with E-state index in [1.807, 2.05) is 39.0 Å². The zero-order valence-electron chi connectivity index (χ0n) is 15.2. The lowest BCUT2D eigenvalue weighted by Gasteiger charge is -2.38. The summed E-state index contributed by atoms with van der Waals surface area (Å²) in [5, 5.41) is 0. The lowest BCUT2D eigenvalue weighted by Crippen LogP contribution is -2.41. The van der Waals surface area contributed by atoms with Gasteiger partial charge in [-0.3, -0.25) is 0 Å². The Kier molecular flexibility index (Phi) is 5.07. The van der Waals surface area contributed by atoms with Gasteiger partial charge in [-0.1, -0.05) is 33.6 Å². The second-order valence-corrected chi connectivity index (χ2v) is 9.67. The van der Waals surface area contributed by atoms with Crippen LogP contribution in [-0.4, -0.2) is 21.1 Å². The van der Waals surface area contributed by atoms with Gasteiger partial charge in [-0.15, -0.1) is 0 Å². The van der Waals surface area contributed by atoms with Crippen LogP contribution < -0.4 is 14.2 Å². The fourth-order valence-corrected chi connectivity index (χ4v) is 5.11. The number of benzene rings is 2. The van der Waals surface area contributed by atoms with E-state index < -0.39 is 15.6 Å². The Morgan fingerprint density at radius 2 is 1.96 bits per heavy atom. The number of nitrogens with one attached hydrogen (secondary N) is 1. The lowest BCUT2D eigenvalue weighted by molar-refractivity contribution is 0.0701. The van der Waals surface area contributed by atoms with Crippen molar-refractivity contribution >= 4 is 26.0 Å². The van der Waals surface area contributed by atoms with Crippen LogP contribution in [0.5, 0.6) is 11.5 Å². The maximum atomic E-state index is 13.1. The summed E-state index contributed by atoms with van der Waals surface area (Å²) in [5.74, 6) is 1.01. The highest BCUT2D eigenvalue weighted by Crippen LogP contribution is 2.41. The van der Waals surface area contributed by atoms with E-state index in [-0.39, 0.29) is 10.9 Å². The second kappa shape index (κ2) is 6.87. The molecule has 1 aliphatic rings. The Morgan fingerprint density at radius 3 is 2.65 bits per heavy atom. The summed E-state index contributed by atoms with van der Waals surface area (Å²) >= 11 is 3.33. The van der Waals surface area contributed by atoms with Gasteiger partial charge in [0.25, 0.3) is 0 Å². The van der Waals surface area contributed by atoms with Crippen LogP contribution in [0.4, 0.5) is 0 Å². The van der Waals surface area contributed by atoms with Crippen LogP contribution in [-0.2, 0) is 10.0 Å². The van der Waals surface area contributed by atoms with Crippen molar-refractivity contribution in [3.63, 3.8) is 0 Å². The molecule has 1 N–H and O–H groups in total. The van der Waals surface area contributed by atoms with E-state index in [0.717, 1.165) is 11.1 Å². The maximum absolute atomic E-state index is 13.1. The first-order valence-corrected chi connectivity index (χ1v) is 10.5. The Morgan fingerprint density at radius 1 is 1.23 bits per heavy atom. The number of ether oxygens (including phenoxy) is 2. The standard InChI is InChI=1S/C19H22BrNO4S/c1-12-5-7-16-14(9-12)15(11-19(2,3)25-16)21-26(22,23)18-10-13(20)6-8-17(18)24-4/h5-10,15,21H,11H2,1-4H3/t15-/m0/s1. The van der Waals surface area contributed by atoms with Gasteiger partial charge in [0.1, 0.15) is 22.0 Å². The van der Waals surface area contributed by atoms with E-state index in [1.54, 1.807) is 18.2 Å². The summed E-state index contributed by atoms with van der Waals surface area (Å²) in [7, 11) is -2.33. The quantitative estimate of drug-likeness (QED) is 0.768. The molecule has 0 fully saturated rings. The van der Waals surface area contributed by atoms with Crippen molar-refractivity contribution in [2.75, 3.05) is 7.11 Å². The van der Waals surface area contributed by atoms with E-state index in [0.29, 0.717) is 22.4 Å². The third-order valence-corrected chi connectivity index (χ3v) is 6.32. The Balaban J connectivity index is 2.03. The average molecular weight is 440 g/mol. The molecule has 0 radical (unpaired) electrons. The molecule has 0 aromatic heterocycles. The highest BCUT2D eigenvalue weighted by molar-refractivity contribution is 9.10. The number of hydrogen-bond donors (Lipinski definition) is 1. The van der Waals surface area contributed by atoms with Crippen molar-refractivity contribution in [2.45, 2.75) is 43.7 Å². The van der Waals surface area contributed by atoms with Crippen molar-refractivity contribution in [1.29, 1.82) is 0 Å². The fraction of sp³-hybridized carbons (Fsp3) is 0.368. The Hall–Kier alpha value is -1.57. The van der Waals surface area contributed by atoms with Crippen LogP contribution in [0, 0.1) is 6.92 Å². The third-order valence-electron chi connectivity index (χ3n) is 4.34. The van der Waals surface area contributed by atoms with Gasteiger partial charge in [0.2, 0.25) is 10.0 Å². The van der Waals surface area contributed by atoms with Crippen molar-refractivity contribution in [2.24, 2.45) is 0 Å². The van der Waals surface area contributed by atoms with Gasteiger partial charge >= 0.3 is 0 Å². The minimum absolute atomic E-state index is 0.105. The molecule has 140 valence electrons. The van der Waals surface area contributed by atoms with E-state index in [2.05, 4.69) is 20.7 Å². The van der Waals surface area contributed by atoms with Gasteiger partial charge in [-0.25, -0.2) is 13.1 Å². The first kappa shape index (κ1) is 19.2. The van der Waals surface area contributed by atoms with E-state index in [9.17, 15) is 8.42 Å². The molecule has 1 aliphatic heterocycles. The van der Waals surface area contributed by atoms with Gasteiger partial charge in [-0.2, -0.15) is 0 Å². The molecule has 1 heterocycles. The highest BCUT2D eigenvalue weighted by atomic mass is 79.9. The SMILES string of the molecule is COc1ccc(Br)cc1S(=O)(=O)N[C@H]1CC(C)(C)Oc2ccc(C)cc21. The van der Waals surface area contributed by atoms with E-state index >= 15 is 0 Å². The lowest BCUT2D eigenvalue weighted by atomic mass is 9.89. The largest absolute Gasteiger partial charge is 0.495 e. The van der Waals surface area contributed by atoms with Crippen LogP contribution in [0.1, 0.15) is 37.4 Å². The van der Waals surface area contributed by atoms with Crippen LogP contribution in [0.2, 0.25) is 0 Å².